The molecule has 3 rings (SSSR count). The van der Waals surface area contributed by atoms with E-state index in [1.54, 1.807) is 36.8 Å². The zero-order valence-corrected chi connectivity index (χ0v) is 15.7. The molecule has 3 aromatic heterocycles. The fraction of sp³-hybridized carbons (Fsp3) is 0.300. The van der Waals surface area contributed by atoms with Crippen LogP contribution in [0.1, 0.15) is 42.5 Å². The van der Waals surface area contributed by atoms with E-state index in [9.17, 15) is 4.79 Å². The van der Waals surface area contributed by atoms with E-state index in [2.05, 4.69) is 25.8 Å². The molecule has 27 heavy (non-hydrogen) atoms. The summed E-state index contributed by atoms with van der Waals surface area (Å²) in [5.74, 6) is 1.34. The maximum absolute atomic E-state index is 12.6. The van der Waals surface area contributed by atoms with Crippen molar-refractivity contribution in [2.75, 3.05) is 17.2 Å². The van der Waals surface area contributed by atoms with Gasteiger partial charge in [0.15, 0.2) is 5.82 Å². The molecule has 7 heteroatoms. The van der Waals surface area contributed by atoms with Gasteiger partial charge in [-0.2, -0.15) is 0 Å². The quantitative estimate of drug-likeness (QED) is 0.692. The monoisotopic (exact) mass is 365 g/mol. The van der Waals surface area contributed by atoms with Crippen LogP contribution >= 0.6 is 0 Å². The summed E-state index contributed by atoms with van der Waals surface area (Å²) in [7, 11) is 0. The fourth-order valence-corrected chi connectivity index (χ4v) is 2.48. The smallest absolute Gasteiger partial charge is 0.260 e. The molecule has 0 bridgehead atoms. The average Bonchev–Trinajstić information content (AvgIpc) is 3.12. The number of amides is 1. The Morgan fingerprint density at radius 3 is 2.63 bits per heavy atom. The maximum Gasteiger partial charge on any atom is 0.260 e. The van der Waals surface area contributed by atoms with Gasteiger partial charge < -0.3 is 15.2 Å². The summed E-state index contributed by atoms with van der Waals surface area (Å²) < 4.78 is 5.31. The minimum absolute atomic E-state index is 0.177. The van der Waals surface area contributed by atoms with E-state index in [0.29, 0.717) is 29.5 Å². The Hall–Kier alpha value is -3.22. The summed E-state index contributed by atoms with van der Waals surface area (Å²) >= 11 is 0. The summed E-state index contributed by atoms with van der Waals surface area (Å²) in [6.07, 6.45) is 5.98. The predicted octanol–water partition coefficient (Wildman–Crippen LogP) is 3.67. The van der Waals surface area contributed by atoms with Gasteiger partial charge in [-0.15, -0.1) is 0 Å². The van der Waals surface area contributed by atoms with Gasteiger partial charge in [0, 0.05) is 36.6 Å². The third-order valence-electron chi connectivity index (χ3n) is 4.00. The van der Waals surface area contributed by atoms with E-state index in [-0.39, 0.29) is 11.3 Å². The Morgan fingerprint density at radius 2 is 1.93 bits per heavy atom. The number of aromatic nitrogens is 3. The van der Waals surface area contributed by atoms with Gasteiger partial charge in [-0.05, 0) is 36.2 Å². The van der Waals surface area contributed by atoms with Gasteiger partial charge >= 0.3 is 0 Å². The second-order valence-electron chi connectivity index (χ2n) is 7.21. The first-order chi connectivity index (χ1) is 12.9. The molecule has 0 fully saturated rings. The van der Waals surface area contributed by atoms with Gasteiger partial charge in [0.25, 0.3) is 5.91 Å². The average molecular weight is 365 g/mol. The highest BCUT2D eigenvalue weighted by Gasteiger charge is 2.21. The Labute approximate surface area is 158 Å². The van der Waals surface area contributed by atoms with E-state index >= 15 is 0 Å². The van der Waals surface area contributed by atoms with Crippen LogP contribution in [-0.2, 0) is 11.8 Å². The zero-order valence-electron chi connectivity index (χ0n) is 15.7. The number of nitrogens with zero attached hydrogens (tertiary/aromatic N) is 3. The number of rotatable bonds is 6. The van der Waals surface area contributed by atoms with Crippen molar-refractivity contribution in [3.8, 4) is 0 Å². The molecule has 0 radical (unpaired) electrons. The molecular formula is C20H23N5O2. The molecule has 3 heterocycles. The molecule has 0 unspecified atom stereocenters. The van der Waals surface area contributed by atoms with Crippen molar-refractivity contribution < 1.29 is 9.32 Å². The largest absolute Gasteiger partial charge is 0.369 e. The molecular weight excluding hydrogens is 342 g/mol. The molecule has 2 N–H and O–H groups in total. The molecule has 0 spiro atoms. The van der Waals surface area contributed by atoms with Crippen LogP contribution in [0.25, 0.3) is 0 Å². The van der Waals surface area contributed by atoms with Gasteiger partial charge in [0.1, 0.15) is 11.6 Å². The minimum Gasteiger partial charge on any atom is -0.369 e. The number of carbonyl (C=O) groups excluding carboxylic acids is 1. The Balaban J connectivity index is 1.65. The molecule has 3 aromatic rings. The van der Waals surface area contributed by atoms with E-state index in [0.717, 1.165) is 12.0 Å². The molecule has 140 valence electrons. The van der Waals surface area contributed by atoms with Gasteiger partial charge in [0.05, 0.1) is 5.56 Å². The lowest BCUT2D eigenvalue weighted by atomic mass is 9.93. The summed E-state index contributed by atoms with van der Waals surface area (Å²) in [5.41, 5.74) is 1.44. The highest BCUT2D eigenvalue weighted by atomic mass is 16.5. The van der Waals surface area contributed by atoms with Gasteiger partial charge in [-0.3, -0.25) is 9.78 Å². The Morgan fingerprint density at radius 1 is 1.15 bits per heavy atom. The number of nitrogens with one attached hydrogen (secondary N) is 2. The van der Waals surface area contributed by atoms with Gasteiger partial charge in [-0.1, -0.05) is 25.9 Å². The van der Waals surface area contributed by atoms with E-state index in [1.807, 2.05) is 32.9 Å². The van der Waals surface area contributed by atoms with Crippen LogP contribution < -0.4 is 10.6 Å². The topological polar surface area (TPSA) is 92.9 Å². The van der Waals surface area contributed by atoms with Gasteiger partial charge in [0.2, 0.25) is 0 Å². The fourth-order valence-electron chi connectivity index (χ4n) is 2.48. The van der Waals surface area contributed by atoms with Crippen molar-refractivity contribution in [3.63, 3.8) is 0 Å². The molecule has 0 aromatic carbocycles. The first kappa shape index (κ1) is 18.6. The lowest BCUT2D eigenvalue weighted by Gasteiger charge is -2.12. The van der Waals surface area contributed by atoms with Crippen LogP contribution in [0.4, 0.5) is 11.6 Å². The van der Waals surface area contributed by atoms with Crippen molar-refractivity contribution in [1.29, 1.82) is 0 Å². The number of carbonyl (C=O) groups is 1. The number of anilines is 2. The molecule has 0 aliphatic rings. The van der Waals surface area contributed by atoms with Crippen LogP contribution in [0.3, 0.4) is 0 Å². The maximum atomic E-state index is 12.6. The highest BCUT2D eigenvalue weighted by molar-refractivity contribution is 6.07. The van der Waals surface area contributed by atoms with Crippen molar-refractivity contribution >= 4 is 17.5 Å². The second-order valence-corrected chi connectivity index (χ2v) is 7.21. The Kier molecular flexibility index (Phi) is 5.49. The predicted molar refractivity (Wildman–Crippen MR) is 104 cm³/mol. The molecule has 1 amide bonds. The third kappa shape index (κ3) is 4.91. The van der Waals surface area contributed by atoms with E-state index in [1.165, 1.54) is 0 Å². The lowest BCUT2D eigenvalue weighted by Crippen LogP contribution is -2.17. The summed E-state index contributed by atoms with van der Waals surface area (Å²) in [6, 6.07) is 9.12. The standard InChI is InChI=1S/C20H23N5O2/c1-20(2,3)16-13-17(25-27-16)24-19(26)15-5-4-9-22-18(15)23-12-8-14-6-10-21-11-7-14/h4-7,9-11,13H,8,12H2,1-3H3,(H,22,23)(H,24,25,26). The van der Waals surface area contributed by atoms with Crippen LogP contribution in [-0.4, -0.2) is 27.6 Å². The molecule has 0 aliphatic carbocycles. The second kappa shape index (κ2) is 7.99. The van der Waals surface area contributed by atoms with Crippen molar-refractivity contribution in [3.05, 3.63) is 65.8 Å². The van der Waals surface area contributed by atoms with E-state index in [4.69, 9.17) is 4.52 Å². The molecule has 0 saturated heterocycles. The first-order valence-electron chi connectivity index (χ1n) is 8.80. The number of pyridine rings is 2. The Bertz CT molecular complexity index is 900. The third-order valence-corrected chi connectivity index (χ3v) is 4.00. The number of hydrogen-bond acceptors (Lipinski definition) is 6. The highest BCUT2D eigenvalue weighted by Crippen LogP contribution is 2.25. The van der Waals surface area contributed by atoms with Crippen molar-refractivity contribution in [2.24, 2.45) is 0 Å². The van der Waals surface area contributed by atoms with E-state index < -0.39 is 0 Å². The minimum atomic E-state index is -0.289. The molecule has 0 aliphatic heterocycles. The summed E-state index contributed by atoms with van der Waals surface area (Å²) in [5, 5.41) is 9.91. The SMILES string of the molecule is CC(C)(C)c1cc(NC(=O)c2cccnc2NCCc2ccncc2)no1. The van der Waals surface area contributed by atoms with Crippen molar-refractivity contribution in [1.82, 2.24) is 15.1 Å². The van der Waals surface area contributed by atoms with Crippen LogP contribution in [0.15, 0.2) is 53.4 Å². The molecule has 7 nitrogen and oxygen atoms in total. The van der Waals surface area contributed by atoms with Gasteiger partial charge in [-0.25, -0.2) is 4.98 Å². The van der Waals surface area contributed by atoms with Crippen molar-refractivity contribution in [2.45, 2.75) is 32.6 Å². The van der Waals surface area contributed by atoms with Crippen LogP contribution in [0, 0.1) is 0 Å². The normalized spacial score (nSPS) is 11.2. The molecule has 0 atom stereocenters. The first-order valence-corrected chi connectivity index (χ1v) is 8.80. The lowest BCUT2D eigenvalue weighted by molar-refractivity contribution is 0.102. The van der Waals surface area contributed by atoms with Crippen LogP contribution in [0.2, 0.25) is 0 Å². The zero-order chi connectivity index (χ0) is 19.3. The van der Waals surface area contributed by atoms with Crippen LogP contribution in [0.5, 0.6) is 0 Å². The number of hydrogen-bond donors (Lipinski definition) is 2. The molecule has 0 saturated carbocycles. The summed E-state index contributed by atoms with van der Waals surface area (Å²) in [4.78, 5) is 20.9. The summed E-state index contributed by atoms with van der Waals surface area (Å²) in [6.45, 7) is 6.71.